The van der Waals surface area contributed by atoms with Crippen LogP contribution in [0.3, 0.4) is 0 Å². The van der Waals surface area contributed by atoms with Crippen LogP contribution >= 0.6 is 15.9 Å². The highest BCUT2D eigenvalue weighted by molar-refractivity contribution is 9.10. The predicted molar refractivity (Wildman–Crippen MR) is 90.3 cm³/mol. The molecular weight excluding hydrogens is 316 g/mol. The third-order valence-corrected chi connectivity index (χ3v) is 3.94. The van der Waals surface area contributed by atoms with Gasteiger partial charge >= 0.3 is 0 Å². The highest BCUT2D eigenvalue weighted by Gasteiger charge is 2.11. The van der Waals surface area contributed by atoms with Crippen molar-refractivity contribution in [3.8, 4) is 0 Å². The van der Waals surface area contributed by atoms with Gasteiger partial charge in [-0.25, -0.2) is 0 Å². The average molecular weight is 343 g/mol. The Kier molecular flexibility index (Phi) is 7.56. The second kappa shape index (κ2) is 8.65. The van der Waals surface area contributed by atoms with E-state index in [1.165, 1.54) is 5.56 Å². The molecule has 114 valence electrons. The Morgan fingerprint density at radius 1 is 1.25 bits per heavy atom. The van der Waals surface area contributed by atoms with Crippen molar-refractivity contribution in [3.63, 3.8) is 0 Å². The zero-order valence-corrected chi connectivity index (χ0v) is 14.6. The number of benzene rings is 1. The lowest BCUT2D eigenvalue weighted by atomic mass is 10.1. The Hall–Kier alpha value is -0.580. The summed E-state index contributed by atoms with van der Waals surface area (Å²) in [6, 6.07) is 6.80. The first-order chi connectivity index (χ1) is 9.45. The van der Waals surface area contributed by atoms with Crippen LogP contribution < -0.4 is 10.2 Å². The smallest absolute Gasteiger partial charge is 0.0606 e. The van der Waals surface area contributed by atoms with Crippen molar-refractivity contribution < 1.29 is 5.11 Å². The summed E-state index contributed by atoms with van der Waals surface area (Å²) in [6.45, 7) is 11.4. The van der Waals surface area contributed by atoms with Crippen LogP contribution in [0.1, 0.15) is 33.3 Å². The monoisotopic (exact) mass is 342 g/mol. The van der Waals surface area contributed by atoms with Crippen molar-refractivity contribution in [2.75, 3.05) is 24.6 Å². The summed E-state index contributed by atoms with van der Waals surface area (Å²) in [5.41, 5.74) is 2.41. The highest BCUT2D eigenvalue weighted by Crippen LogP contribution is 2.25. The fraction of sp³-hybridized carbons (Fsp3) is 0.625. The standard InChI is InChI=1S/C16H27BrN2O/c1-12(2)10-18-11-14-5-6-15(9-16(14)17)19(7-8-20)13(3)4/h5-6,9,12-13,18,20H,7-8,10-11H2,1-4H3. The summed E-state index contributed by atoms with van der Waals surface area (Å²) in [5, 5.41) is 12.6. The molecule has 1 aromatic carbocycles. The zero-order valence-electron chi connectivity index (χ0n) is 13.0. The molecule has 0 spiro atoms. The molecule has 0 aliphatic carbocycles. The Labute approximate surface area is 131 Å². The first-order valence-corrected chi connectivity index (χ1v) is 8.11. The van der Waals surface area contributed by atoms with Crippen LogP contribution in [0.15, 0.2) is 22.7 Å². The van der Waals surface area contributed by atoms with E-state index in [9.17, 15) is 5.11 Å². The highest BCUT2D eigenvalue weighted by atomic mass is 79.9. The molecule has 0 aliphatic heterocycles. The van der Waals surface area contributed by atoms with E-state index in [-0.39, 0.29) is 6.61 Å². The van der Waals surface area contributed by atoms with Crippen LogP contribution in [-0.2, 0) is 6.54 Å². The Morgan fingerprint density at radius 2 is 1.95 bits per heavy atom. The van der Waals surface area contributed by atoms with Crippen molar-refractivity contribution >= 4 is 21.6 Å². The van der Waals surface area contributed by atoms with Gasteiger partial charge in [-0.2, -0.15) is 0 Å². The molecule has 0 amide bonds. The van der Waals surface area contributed by atoms with Crippen LogP contribution in [0.5, 0.6) is 0 Å². The van der Waals surface area contributed by atoms with Crippen LogP contribution in [-0.4, -0.2) is 30.8 Å². The molecule has 0 aliphatic rings. The molecule has 4 heteroatoms. The number of anilines is 1. The topological polar surface area (TPSA) is 35.5 Å². The lowest BCUT2D eigenvalue weighted by molar-refractivity contribution is 0.299. The van der Waals surface area contributed by atoms with E-state index < -0.39 is 0 Å². The molecule has 0 saturated carbocycles. The minimum absolute atomic E-state index is 0.174. The summed E-state index contributed by atoms with van der Waals surface area (Å²) in [6.07, 6.45) is 0. The van der Waals surface area contributed by atoms with E-state index in [0.717, 1.165) is 23.2 Å². The molecule has 1 aromatic rings. The molecule has 2 N–H and O–H groups in total. The zero-order chi connectivity index (χ0) is 15.1. The largest absolute Gasteiger partial charge is 0.395 e. The molecule has 0 fully saturated rings. The van der Waals surface area contributed by atoms with E-state index in [1.807, 2.05) is 0 Å². The van der Waals surface area contributed by atoms with Crippen molar-refractivity contribution in [3.05, 3.63) is 28.2 Å². The van der Waals surface area contributed by atoms with Crippen molar-refractivity contribution in [1.29, 1.82) is 0 Å². The Bertz CT molecular complexity index is 407. The van der Waals surface area contributed by atoms with Gasteiger partial charge in [-0.15, -0.1) is 0 Å². The van der Waals surface area contributed by atoms with Crippen LogP contribution in [0, 0.1) is 5.92 Å². The maximum atomic E-state index is 9.18. The van der Waals surface area contributed by atoms with Gasteiger partial charge in [0.2, 0.25) is 0 Å². The SMILES string of the molecule is CC(C)CNCc1ccc(N(CCO)C(C)C)cc1Br. The van der Waals surface area contributed by atoms with Crippen molar-refractivity contribution in [2.45, 2.75) is 40.3 Å². The van der Waals surface area contributed by atoms with E-state index in [0.29, 0.717) is 18.5 Å². The number of aliphatic hydroxyl groups is 1. The number of halogens is 1. The van der Waals surface area contributed by atoms with E-state index >= 15 is 0 Å². The van der Waals surface area contributed by atoms with E-state index in [2.05, 4.69) is 72.0 Å². The lowest BCUT2D eigenvalue weighted by Gasteiger charge is -2.28. The minimum atomic E-state index is 0.174. The third kappa shape index (κ3) is 5.43. The molecule has 0 bridgehead atoms. The molecule has 0 radical (unpaired) electrons. The van der Waals surface area contributed by atoms with Gasteiger partial charge in [-0.1, -0.05) is 35.8 Å². The van der Waals surface area contributed by atoms with Gasteiger partial charge in [0.25, 0.3) is 0 Å². The lowest BCUT2D eigenvalue weighted by Crippen LogP contribution is -2.33. The minimum Gasteiger partial charge on any atom is -0.395 e. The molecular formula is C16H27BrN2O. The van der Waals surface area contributed by atoms with Gasteiger partial charge in [0, 0.05) is 29.3 Å². The average Bonchev–Trinajstić information content (AvgIpc) is 2.37. The quantitative estimate of drug-likeness (QED) is 0.759. The summed E-state index contributed by atoms with van der Waals surface area (Å²) in [7, 11) is 0. The Balaban J connectivity index is 2.75. The summed E-state index contributed by atoms with van der Waals surface area (Å²) < 4.78 is 1.12. The third-order valence-electron chi connectivity index (χ3n) is 3.20. The normalized spacial score (nSPS) is 11.4. The molecule has 20 heavy (non-hydrogen) atoms. The fourth-order valence-corrected chi connectivity index (χ4v) is 2.65. The number of hydrogen-bond donors (Lipinski definition) is 2. The van der Waals surface area contributed by atoms with Crippen molar-refractivity contribution in [2.24, 2.45) is 5.92 Å². The molecule has 3 nitrogen and oxygen atoms in total. The number of aliphatic hydroxyl groups excluding tert-OH is 1. The van der Waals surface area contributed by atoms with E-state index in [1.54, 1.807) is 0 Å². The van der Waals surface area contributed by atoms with Gasteiger partial charge in [-0.05, 0) is 44.0 Å². The van der Waals surface area contributed by atoms with E-state index in [4.69, 9.17) is 0 Å². The molecule has 0 atom stereocenters. The predicted octanol–water partition coefficient (Wildman–Crippen LogP) is 3.40. The molecule has 0 heterocycles. The summed E-state index contributed by atoms with van der Waals surface area (Å²) >= 11 is 3.65. The van der Waals surface area contributed by atoms with Crippen LogP contribution in [0.4, 0.5) is 5.69 Å². The number of nitrogens with zero attached hydrogens (tertiary/aromatic N) is 1. The second-order valence-corrected chi connectivity index (χ2v) is 6.67. The second-order valence-electron chi connectivity index (χ2n) is 5.81. The first kappa shape index (κ1) is 17.5. The molecule has 1 rings (SSSR count). The Morgan fingerprint density at radius 3 is 2.45 bits per heavy atom. The fourth-order valence-electron chi connectivity index (χ4n) is 2.15. The van der Waals surface area contributed by atoms with Gasteiger partial charge in [0.15, 0.2) is 0 Å². The molecule has 0 aromatic heterocycles. The first-order valence-electron chi connectivity index (χ1n) is 7.32. The van der Waals surface area contributed by atoms with Gasteiger partial charge in [-0.3, -0.25) is 0 Å². The van der Waals surface area contributed by atoms with Crippen LogP contribution in [0.2, 0.25) is 0 Å². The van der Waals surface area contributed by atoms with Crippen LogP contribution in [0.25, 0.3) is 0 Å². The number of rotatable bonds is 8. The van der Waals surface area contributed by atoms with Gasteiger partial charge in [0.1, 0.15) is 0 Å². The number of hydrogen-bond acceptors (Lipinski definition) is 3. The number of nitrogens with one attached hydrogen (secondary N) is 1. The van der Waals surface area contributed by atoms with Crippen molar-refractivity contribution in [1.82, 2.24) is 5.32 Å². The summed E-state index contributed by atoms with van der Waals surface area (Å²) in [4.78, 5) is 2.20. The van der Waals surface area contributed by atoms with Gasteiger partial charge in [0.05, 0.1) is 6.61 Å². The maximum absolute atomic E-state index is 9.18. The molecule has 0 saturated heterocycles. The molecule has 0 unspecified atom stereocenters. The maximum Gasteiger partial charge on any atom is 0.0606 e. The van der Waals surface area contributed by atoms with Gasteiger partial charge < -0.3 is 15.3 Å². The summed E-state index contributed by atoms with van der Waals surface area (Å²) in [5.74, 6) is 0.661.